The van der Waals surface area contributed by atoms with Gasteiger partial charge in [-0.3, -0.25) is 11.1 Å². The van der Waals surface area contributed by atoms with E-state index in [4.69, 9.17) is 15.9 Å². The van der Waals surface area contributed by atoms with Crippen LogP contribution < -0.4 is 35.3 Å². The van der Waals surface area contributed by atoms with Gasteiger partial charge >= 0.3 is 35.5 Å². The van der Waals surface area contributed by atoms with Gasteiger partial charge in [-0.15, -0.1) is 0 Å². The fourth-order valence-corrected chi connectivity index (χ4v) is 2.07. The molecule has 4 N–H and O–H groups in total. The van der Waals surface area contributed by atoms with Crippen LogP contribution in [0.25, 0.3) is 0 Å². The number of nitrogens with two attached hydrogens (primary N) is 1. The first-order valence-electron chi connectivity index (χ1n) is 8.98. The maximum absolute atomic E-state index is 9.94. The molecule has 6 heteroatoms. The Bertz CT molecular complexity index is 276. The van der Waals surface area contributed by atoms with Crippen molar-refractivity contribution in [2.24, 2.45) is 5.73 Å². The molecule has 0 aromatic carbocycles. The molecule has 0 aliphatic rings. The summed E-state index contributed by atoms with van der Waals surface area (Å²) in [5, 5.41) is 16.6. The first kappa shape index (κ1) is 28.8. The van der Waals surface area contributed by atoms with Gasteiger partial charge in [0.15, 0.2) is 0 Å². The Labute approximate surface area is 170 Å². The Balaban J connectivity index is -0.000000419. The van der Waals surface area contributed by atoms with Gasteiger partial charge in [-0.1, -0.05) is 77.6 Å². The first-order chi connectivity index (χ1) is 11.0. The summed E-state index contributed by atoms with van der Waals surface area (Å²) in [4.78, 5) is 19.8. The molecule has 0 amide bonds. The van der Waals surface area contributed by atoms with Crippen molar-refractivity contribution >= 4 is 12.3 Å². The van der Waals surface area contributed by atoms with Crippen molar-refractivity contribution in [3.63, 3.8) is 0 Å². The zero-order valence-electron chi connectivity index (χ0n) is 15.9. The summed E-state index contributed by atoms with van der Waals surface area (Å²) >= 11 is 0. The van der Waals surface area contributed by atoms with Crippen molar-refractivity contribution < 1.29 is 49.4 Å². The van der Waals surface area contributed by atoms with Crippen LogP contribution in [0.1, 0.15) is 90.9 Å². The molecule has 0 aromatic heterocycles. The Hall–Kier alpha value is 0.0600. The minimum atomic E-state index is -1.18. The van der Waals surface area contributed by atoms with Crippen molar-refractivity contribution in [3.8, 4) is 0 Å². The topological polar surface area (TPSA) is 101 Å². The fraction of sp³-hybridized carbons (Fsp3) is 0.889. The van der Waals surface area contributed by atoms with Gasteiger partial charge in [0.2, 0.25) is 0 Å². The molecule has 0 spiro atoms. The van der Waals surface area contributed by atoms with Crippen molar-refractivity contribution in [3.05, 3.63) is 0 Å². The fourth-order valence-electron chi connectivity index (χ4n) is 2.07. The molecule has 138 valence electrons. The van der Waals surface area contributed by atoms with Gasteiger partial charge in [0, 0.05) is 0 Å². The molecule has 0 heterocycles. The molecule has 0 aliphatic carbocycles. The summed E-state index contributed by atoms with van der Waals surface area (Å²) < 4.78 is 0. The predicted octanol–water partition coefficient (Wildman–Crippen LogP) is 0.580. The Morgan fingerprint density at radius 3 is 1.58 bits per heavy atom. The molecule has 24 heavy (non-hydrogen) atoms. The van der Waals surface area contributed by atoms with E-state index in [-0.39, 0.29) is 29.6 Å². The van der Waals surface area contributed by atoms with E-state index in [9.17, 15) is 9.59 Å². The minimum absolute atomic E-state index is 0. The van der Waals surface area contributed by atoms with Gasteiger partial charge in [0.1, 0.15) is 6.04 Å². The van der Waals surface area contributed by atoms with Gasteiger partial charge in [0.05, 0.1) is 6.10 Å². The number of carbonyl (C=O) groups is 1. The van der Waals surface area contributed by atoms with Crippen molar-refractivity contribution in [2.75, 3.05) is 0 Å². The minimum Gasteiger partial charge on any atom is -0.542 e. The summed E-state index contributed by atoms with van der Waals surface area (Å²) in [6.07, 6.45) is 16.3. The van der Waals surface area contributed by atoms with Crippen LogP contribution in [0, 0.1) is 0 Å². The molecule has 2 atom stereocenters. The van der Waals surface area contributed by atoms with Crippen molar-refractivity contribution in [2.45, 2.75) is 103 Å². The van der Waals surface area contributed by atoms with Gasteiger partial charge in [-0.05, 0) is 6.92 Å². The number of unbranched alkanes of at least 4 members (excludes halogenated alkanes) is 11. The van der Waals surface area contributed by atoms with Crippen LogP contribution in [0.4, 0.5) is 0 Å². The van der Waals surface area contributed by atoms with E-state index in [1.807, 2.05) is 6.29 Å². The molecular formula is C18H36NNaO4. The van der Waals surface area contributed by atoms with Gasteiger partial charge in [-0.2, -0.15) is 6.42 Å². The maximum Gasteiger partial charge on any atom is 1.00 e. The molecule has 2 unspecified atom stereocenters. The van der Waals surface area contributed by atoms with Crippen LogP contribution in [-0.4, -0.2) is 34.6 Å². The predicted molar refractivity (Wildman–Crippen MR) is 94.1 cm³/mol. The van der Waals surface area contributed by atoms with E-state index < -0.39 is 18.1 Å². The number of carbonyl (C=O) groups excluding carboxylic acids is 1. The molecule has 0 aliphatic heterocycles. The number of aliphatic carboxylic acids is 1. The summed E-state index contributed by atoms with van der Waals surface area (Å²) in [6, 6.07) is -1.16. The molecule has 0 radical (unpaired) electrons. The summed E-state index contributed by atoms with van der Waals surface area (Å²) in [7, 11) is 0. The monoisotopic (exact) mass is 353 g/mol. The molecule has 0 aromatic rings. The third kappa shape index (κ3) is 24.3. The SMILES string of the molecule is CC(O)C(N)C(=O)O.CCCCCCCCCCCCC[C-]=O.[Na+]. The number of aliphatic hydroxyl groups excluding tert-OH is 1. The van der Waals surface area contributed by atoms with Crippen LogP contribution in [0.15, 0.2) is 0 Å². The van der Waals surface area contributed by atoms with E-state index >= 15 is 0 Å². The largest absolute Gasteiger partial charge is 1.00 e. The smallest absolute Gasteiger partial charge is 0.542 e. The van der Waals surface area contributed by atoms with Crippen LogP contribution in [0.2, 0.25) is 0 Å². The van der Waals surface area contributed by atoms with Gasteiger partial charge in [-0.25, -0.2) is 0 Å². The number of carboxylic acid groups (broad SMARTS) is 1. The molecule has 0 rings (SSSR count). The second kappa shape index (κ2) is 23.1. The standard InChI is InChI=1S/C14H27O.C4H9NO3.Na/c1-2-3-4-5-6-7-8-9-10-11-12-13-14-15;1-2(6)3(5)4(7)8;/h2-13H2,1H3;2-3,6H,5H2,1H3,(H,7,8);/q-1;;+1. The average Bonchev–Trinajstić information content (AvgIpc) is 2.52. The van der Waals surface area contributed by atoms with Crippen molar-refractivity contribution in [1.29, 1.82) is 0 Å². The summed E-state index contributed by atoms with van der Waals surface area (Å²) in [6.45, 7) is 3.59. The van der Waals surface area contributed by atoms with E-state index in [0.717, 1.165) is 6.42 Å². The number of carboxylic acids is 1. The summed E-state index contributed by atoms with van der Waals surface area (Å²) in [5.74, 6) is -1.18. The van der Waals surface area contributed by atoms with Crippen LogP contribution in [-0.2, 0) is 9.59 Å². The van der Waals surface area contributed by atoms with E-state index in [2.05, 4.69) is 6.92 Å². The molecule has 0 saturated carbocycles. The van der Waals surface area contributed by atoms with Crippen LogP contribution in [0.3, 0.4) is 0 Å². The number of hydrogen-bond donors (Lipinski definition) is 3. The van der Waals surface area contributed by atoms with E-state index in [0.29, 0.717) is 6.42 Å². The van der Waals surface area contributed by atoms with Crippen LogP contribution >= 0.6 is 0 Å². The molecular weight excluding hydrogens is 317 g/mol. The van der Waals surface area contributed by atoms with E-state index in [1.54, 1.807) is 0 Å². The zero-order chi connectivity index (χ0) is 17.9. The van der Waals surface area contributed by atoms with Gasteiger partial charge in [0.25, 0.3) is 0 Å². The summed E-state index contributed by atoms with van der Waals surface area (Å²) in [5.41, 5.74) is 4.91. The normalized spacial score (nSPS) is 12.3. The number of hydrogen-bond acceptors (Lipinski definition) is 4. The second-order valence-electron chi connectivity index (χ2n) is 6.03. The Kier molecular flexibility index (Phi) is 27.7. The molecule has 0 fully saturated rings. The van der Waals surface area contributed by atoms with Crippen molar-refractivity contribution in [1.82, 2.24) is 0 Å². The quantitative estimate of drug-likeness (QED) is 0.241. The Morgan fingerprint density at radius 1 is 0.958 bits per heavy atom. The number of rotatable bonds is 14. The third-order valence-electron chi connectivity index (χ3n) is 3.69. The number of aliphatic hydroxyl groups is 1. The first-order valence-corrected chi connectivity index (χ1v) is 8.98. The molecule has 0 saturated heterocycles. The third-order valence-corrected chi connectivity index (χ3v) is 3.69. The Morgan fingerprint density at radius 2 is 1.33 bits per heavy atom. The second-order valence-corrected chi connectivity index (χ2v) is 6.03. The molecule has 5 nitrogen and oxygen atoms in total. The van der Waals surface area contributed by atoms with Crippen LogP contribution in [0.5, 0.6) is 0 Å². The zero-order valence-corrected chi connectivity index (χ0v) is 17.9. The van der Waals surface area contributed by atoms with E-state index in [1.165, 1.54) is 71.1 Å². The van der Waals surface area contributed by atoms with Gasteiger partial charge < -0.3 is 20.7 Å². The maximum atomic E-state index is 9.94. The molecule has 0 bridgehead atoms. The average molecular weight is 353 g/mol.